The van der Waals surface area contributed by atoms with Crippen molar-refractivity contribution in [1.29, 1.82) is 0 Å². The number of nitrogens with one attached hydrogen (secondary N) is 1. The largest absolute Gasteiger partial charge is 0.388 e. The maximum absolute atomic E-state index is 4.28. The Morgan fingerprint density at radius 1 is 0.739 bits per heavy atom. The first-order chi connectivity index (χ1) is 22.6. The van der Waals surface area contributed by atoms with Crippen molar-refractivity contribution in [3.63, 3.8) is 0 Å². The van der Waals surface area contributed by atoms with Gasteiger partial charge in [0.15, 0.2) is 0 Å². The molecule has 1 radical (unpaired) electrons. The van der Waals surface area contributed by atoms with Crippen molar-refractivity contribution in [1.82, 2.24) is 4.90 Å². The summed E-state index contributed by atoms with van der Waals surface area (Å²) in [5.74, 6) is 0.226. The molecule has 0 bridgehead atoms. The van der Waals surface area contributed by atoms with Crippen LogP contribution >= 0.6 is 0 Å². The first-order valence-electron chi connectivity index (χ1n) is 16.5. The summed E-state index contributed by atoms with van der Waals surface area (Å²) in [4.78, 5) is 2.22. The first-order valence-corrected chi connectivity index (χ1v) is 16.5. The smallest absolute Gasteiger partial charge is 0.0417 e. The summed E-state index contributed by atoms with van der Waals surface area (Å²) in [6.07, 6.45) is 28.1. The van der Waals surface area contributed by atoms with Crippen molar-refractivity contribution in [2.24, 2.45) is 5.92 Å². The van der Waals surface area contributed by atoms with Crippen molar-refractivity contribution in [3.8, 4) is 11.1 Å². The van der Waals surface area contributed by atoms with Crippen LogP contribution in [0.3, 0.4) is 0 Å². The van der Waals surface area contributed by atoms with Gasteiger partial charge in [-0.05, 0) is 77.4 Å². The van der Waals surface area contributed by atoms with E-state index in [0.29, 0.717) is 0 Å². The molecule has 1 aliphatic carbocycles. The Bertz CT molecular complexity index is 1580. The number of rotatable bonds is 5. The van der Waals surface area contributed by atoms with Crippen LogP contribution in [0.5, 0.6) is 0 Å². The summed E-state index contributed by atoms with van der Waals surface area (Å²) in [6, 6.07) is 27.7. The van der Waals surface area contributed by atoms with Gasteiger partial charge < -0.3 is 10.2 Å². The van der Waals surface area contributed by atoms with Crippen LogP contribution in [0.15, 0.2) is 164 Å². The Hall–Kier alpha value is -4.82. The zero-order valence-corrected chi connectivity index (χ0v) is 28.2. The minimum Gasteiger partial charge on any atom is -0.388 e. The van der Waals surface area contributed by atoms with Crippen LogP contribution in [0.2, 0.25) is 0 Å². The molecule has 2 aliphatic rings. The highest BCUT2D eigenvalue weighted by molar-refractivity contribution is 5.82. The standard InChI is InChI=1S/C30H33N2.C12H12.C2H6/c1-5-19-32-20-10-6-7-13-24(2)25(3)22-26(16-12-21-32)27-14-11-15-28(23-27)29-17-8-9-18-30(29)31-4;1-3-7-11(8-4-1)12-9-5-2-6-10-12;1-2/h5-19,22-23,25,31H,1-2,20-21H2,3-4H3;1,3-5,7-10H,2,6H2;1-2H3/b10-6-,13-7-,16-12-,19-5+,26-22+;;. The van der Waals surface area contributed by atoms with Crippen molar-refractivity contribution >= 4 is 16.8 Å². The number of nitrogens with zero attached hydrogens (tertiary/aromatic N) is 1. The normalized spacial score (nSPS) is 19.7. The molecular formula is C44H51N2. The van der Waals surface area contributed by atoms with E-state index in [2.05, 4.69) is 170 Å². The highest BCUT2D eigenvalue weighted by atomic mass is 15.1. The van der Waals surface area contributed by atoms with Crippen LogP contribution in [0, 0.1) is 12.8 Å². The van der Waals surface area contributed by atoms with E-state index in [1.165, 1.54) is 46.2 Å². The first kappa shape index (κ1) is 35.7. The zero-order chi connectivity index (χ0) is 33.0. The number of anilines is 1. The van der Waals surface area contributed by atoms with Crippen molar-refractivity contribution in [3.05, 3.63) is 182 Å². The molecule has 3 aromatic carbocycles. The van der Waals surface area contributed by atoms with Crippen LogP contribution in [0.4, 0.5) is 5.69 Å². The Morgan fingerprint density at radius 3 is 2.17 bits per heavy atom. The summed E-state index contributed by atoms with van der Waals surface area (Å²) in [5, 5.41) is 3.30. The van der Waals surface area contributed by atoms with E-state index in [0.717, 1.165) is 24.4 Å². The molecule has 2 nitrogen and oxygen atoms in total. The van der Waals surface area contributed by atoms with E-state index in [-0.39, 0.29) is 5.92 Å². The lowest BCUT2D eigenvalue weighted by atomic mass is 9.93. The van der Waals surface area contributed by atoms with E-state index >= 15 is 0 Å². The average Bonchev–Trinajstić information content (AvgIpc) is 3.13. The molecular weight excluding hydrogens is 556 g/mol. The molecule has 0 spiro atoms. The van der Waals surface area contributed by atoms with Crippen molar-refractivity contribution in [2.75, 3.05) is 25.5 Å². The summed E-state index contributed by atoms with van der Waals surface area (Å²) in [7, 11) is 1.96. The second-order valence-electron chi connectivity index (χ2n) is 10.9. The van der Waals surface area contributed by atoms with E-state index < -0.39 is 0 Å². The second-order valence-corrected chi connectivity index (χ2v) is 10.9. The highest BCUT2D eigenvalue weighted by Crippen LogP contribution is 2.31. The Labute approximate surface area is 279 Å². The number of para-hydroxylation sites is 1. The summed E-state index contributed by atoms with van der Waals surface area (Å²) in [6.45, 7) is 16.0. The van der Waals surface area contributed by atoms with Gasteiger partial charge in [0.25, 0.3) is 0 Å². The van der Waals surface area contributed by atoms with E-state index in [9.17, 15) is 0 Å². The van der Waals surface area contributed by atoms with Crippen molar-refractivity contribution in [2.45, 2.75) is 33.6 Å². The quantitative estimate of drug-likeness (QED) is 0.310. The van der Waals surface area contributed by atoms with Gasteiger partial charge in [0.2, 0.25) is 0 Å². The van der Waals surface area contributed by atoms with Gasteiger partial charge in [-0.1, -0.05) is 161 Å². The monoisotopic (exact) mass is 607 g/mol. The maximum Gasteiger partial charge on any atom is 0.0417 e. The van der Waals surface area contributed by atoms with E-state index in [1.54, 1.807) is 0 Å². The molecule has 237 valence electrons. The third-order valence-corrected chi connectivity index (χ3v) is 7.67. The Kier molecular flexibility index (Phi) is 15.7. The number of benzene rings is 3. The number of hydrogen-bond donors (Lipinski definition) is 1. The van der Waals surface area contributed by atoms with Gasteiger partial charge in [-0.15, -0.1) is 0 Å². The van der Waals surface area contributed by atoms with Crippen LogP contribution in [-0.2, 0) is 0 Å². The molecule has 1 N–H and O–H groups in total. The zero-order valence-electron chi connectivity index (χ0n) is 28.2. The molecule has 1 heterocycles. The minimum atomic E-state index is 0.226. The SMILES string of the molecule is C1=CC(c2ccccc2)=CCC1.CC.[CH2]/C=C/N1C/C=C\C=C/C(=C)C(C)/C=C(c2cccc(-c3ccccc3NC)c2)\C=C/C1. The lowest BCUT2D eigenvalue weighted by Gasteiger charge is -2.16. The molecule has 0 saturated heterocycles. The number of allylic oxidation sites excluding steroid dienone is 12. The van der Waals surface area contributed by atoms with Gasteiger partial charge in [0, 0.05) is 31.4 Å². The van der Waals surface area contributed by atoms with Gasteiger partial charge in [-0.2, -0.15) is 0 Å². The van der Waals surface area contributed by atoms with E-state index in [4.69, 9.17) is 0 Å². The Balaban J connectivity index is 0.000000340. The minimum absolute atomic E-state index is 0.226. The third-order valence-electron chi connectivity index (χ3n) is 7.67. The fourth-order valence-electron chi connectivity index (χ4n) is 5.17. The number of hydrogen-bond acceptors (Lipinski definition) is 2. The van der Waals surface area contributed by atoms with Gasteiger partial charge in [-0.25, -0.2) is 0 Å². The summed E-state index contributed by atoms with van der Waals surface area (Å²) < 4.78 is 0. The Morgan fingerprint density at radius 2 is 1.43 bits per heavy atom. The molecule has 0 amide bonds. The molecule has 0 fully saturated rings. The molecule has 0 aromatic heterocycles. The van der Waals surface area contributed by atoms with Gasteiger partial charge in [0.1, 0.15) is 0 Å². The molecule has 1 aliphatic heterocycles. The predicted octanol–water partition coefficient (Wildman–Crippen LogP) is 11.7. The van der Waals surface area contributed by atoms with Crippen LogP contribution in [0.25, 0.3) is 22.3 Å². The average molecular weight is 608 g/mol. The summed E-state index contributed by atoms with van der Waals surface area (Å²) in [5.41, 5.74) is 9.69. The topological polar surface area (TPSA) is 15.3 Å². The van der Waals surface area contributed by atoms with Crippen LogP contribution < -0.4 is 5.32 Å². The van der Waals surface area contributed by atoms with Gasteiger partial charge in [-0.3, -0.25) is 0 Å². The second kappa shape index (κ2) is 20.3. The van der Waals surface area contributed by atoms with Crippen LogP contribution in [0.1, 0.15) is 44.7 Å². The fraction of sp³-hybridized carbons (Fsp3) is 0.205. The lowest BCUT2D eigenvalue weighted by molar-refractivity contribution is 0.462. The third kappa shape index (κ3) is 11.3. The molecule has 3 aromatic rings. The van der Waals surface area contributed by atoms with Crippen LogP contribution in [-0.4, -0.2) is 25.0 Å². The molecule has 0 saturated carbocycles. The van der Waals surface area contributed by atoms with E-state index in [1.807, 2.05) is 33.2 Å². The molecule has 1 unspecified atom stereocenters. The fourth-order valence-corrected chi connectivity index (χ4v) is 5.17. The molecule has 1 atom stereocenters. The maximum atomic E-state index is 4.28. The lowest BCUT2D eigenvalue weighted by Crippen LogP contribution is -2.16. The molecule has 5 rings (SSSR count). The summed E-state index contributed by atoms with van der Waals surface area (Å²) >= 11 is 0. The molecule has 2 heteroatoms. The van der Waals surface area contributed by atoms with Crippen molar-refractivity contribution < 1.29 is 0 Å². The van der Waals surface area contributed by atoms with Gasteiger partial charge >= 0.3 is 0 Å². The van der Waals surface area contributed by atoms with Gasteiger partial charge in [0.05, 0.1) is 0 Å². The predicted molar refractivity (Wildman–Crippen MR) is 205 cm³/mol. The molecule has 46 heavy (non-hydrogen) atoms. The highest BCUT2D eigenvalue weighted by Gasteiger charge is 2.09.